The van der Waals surface area contributed by atoms with Crippen molar-refractivity contribution in [3.05, 3.63) is 11.6 Å². The Morgan fingerprint density at radius 2 is 1.94 bits per heavy atom. The summed E-state index contributed by atoms with van der Waals surface area (Å²) in [6, 6.07) is 0. The van der Waals surface area contributed by atoms with E-state index in [1.54, 1.807) is 5.57 Å². The largest absolute Gasteiger partial charge is 0.393 e. The van der Waals surface area contributed by atoms with Crippen LogP contribution in [0.25, 0.3) is 0 Å². The lowest BCUT2D eigenvalue weighted by Gasteiger charge is -2.58. The highest BCUT2D eigenvalue weighted by Gasteiger charge is 2.52. The van der Waals surface area contributed by atoms with E-state index in [9.17, 15) is 5.11 Å². The molecule has 0 spiro atoms. The van der Waals surface area contributed by atoms with E-state index in [-0.39, 0.29) is 6.10 Å². The maximum absolute atomic E-state index is 9.89. The molecule has 2 fully saturated rings. The summed E-state index contributed by atoms with van der Waals surface area (Å²) in [5.41, 5.74) is 2.60. The van der Waals surface area contributed by atoms with Gasteiger partial charge in [-0.25, -0.2) is 0 Å². The molecule has 18 heavy (non-hydrogen) atoms. The van der Waals surface area contributed by atoms with E-state index in [0.717, 1.165) is 24.7 Å². The van der Waals surface area contributed by atoms with Gasteiger partial charge in [-0.05, 0) is 61.2 Å². The molecule has 0 bridgehead atoms. The topological polar surface area (TPSA) is 20.2 Å². The quantitative estimate of drug-likeness (QED) is 0.633. The first-order valence-electron chi connectivity index (χ1n) is 7.80. The molecule has 1 heteroatoms. The Labute approximate surface area is 112 Å². The van der Waals surface area contributed by atoms with Gasteiger partial charge in [0.25, 0.3) is 0 Å². The molecule has 4 atom stereocenters. The molecule has 0 aromatic rings. The Morgan fingerprint density at radius 3 is 2.72 bits per heavy atom. The van der Waals surface area contributed by atoms with Crippen LogP contribution in [-0.2, 0) is 0 Å². The molecule has 3 aliphatic carbocycles. The van der Waals surface area contributed by atoms with E-state index in [1.165, 1.54) is 32.1 Å². The highest BCUT2D eigenvalue weighted by atomic mass is 16.3. The van der Waals surface area contributed by atoms with Gasteiger partial charge in [0.1, 0.15) is 0 Å². The van der Waals surface area contributed by atoms with Gasteiger partial charge in [-0.15, -0.1) is 0 Å². The summed E-state index contributed by atoms with van der Waals surface area (Å²) in [5, 5.41) is 9.89. The third-order valence-corrected chi connectivity index (χ3v) is 6.40. The zero-order chi connectivity index (χ0) is 13.0. The van der Waals surface area contributed by atoms with Gasteiger partial charge < -0.3 is 5.11 Å². The SMILES string of the molecule is CC1(C)CCC[C@]2(C)[C@@H]3CC[C@H](O)CC3=CC[C@@H]12. The maximum Gasteiger partial charge on any atom is 0.0577 e. The number of hydrogen-bond acceptors (Lipinski definition) is 1. The van der Waals surface area contributed by atoms with Crippen LogP contribution in [0, 0.1) is 22.7 Å². The number of aliphatic hydroxyl groups excluding tert-OH is 1. The Kier molecular flexibility index (Phi) is 2.89. The first-order valence-corrected chi connectivity index (χ1v) is 7.80. The van der Waals surface area contributed by atoms with Crippen molar-refractivity contribution in [2.45, 2.75) is 71.8 Å². The minimum absolute atomic E-state index is 0.0655. The fourth-order valence-electron chi connectivity index (χ4n) is 5.48. The van der Waals surface area contributed by atoms with E-state index < -0.39 is 0 Å². The molecule has 0 aliphatic heterocycles. The van der Waals surface area contributed by atoms with Crippen LogP contribution in [0.2, 0.25) is 0 Å². The third-order valence-electron chi connectivity index (χ3n) is 6.40. The highest BCUT2D eigenvalue weighted by Crippen LogP contribution is 2.61. The second-order valence-corrected chi connectivity index (χ2v) is 7.90. The van der Waals surface area contributed by atoms with Gasteiger partial charge in [0.15, 0.2) is 0 Å². The van der Waals surface area contributed by atoms with Crippen LogP contribution in [0.4, 0.5) is 0 Å². The van der Waals surface area contributed by atoms with Gasteiger partial charge in [0.2, 0.25) is 0 Å². The van der Waals surface area contributed by atoms with Crippen LogP contribution in [-0.4, -0.2) is 11.2 Å². The van der Waals surface area contributed by atoms with E-state index >= 15 is 0 Å². The zero-order valence-corrected chi connectivity index (χ0v) is 12.2. The predicted octanol–water partition coefficient (Wildman–Crippen LogP) is 4.31. The van der Waals surface area contributed by atoms with Gasteiger partial charge in [-0.3, -0.25) is 0 Å². The number of rotatable bonds is 0. The van der Waals surface area contributed by atoms with Crippen LogP contribution in [0.1, 0.15) is 65.7 Å². The molecule has 0 heterocycles. The first-order chi connectivity index (χ1) is 8.43. The molecule has 3 rings (SSSR count). The second-order valence-electron chi connectivity index (χ2n) is 7.90. The summed E-state index contributed by atoms with van der Waals surface area (Å²) in [7, 11) is 0. The normalized spacial score (nSPS) is 46.9. The average Bonchev–Trinajstić information content (AvgIpc) is 2.27. The van der Waals surface area contributed by atoms with Gasteiger partial charge in [-0.1, -0.05) is 38.8 Å². The average molecular weight is 248 g/mol. The standard InChI is InChI=1S/C17H28O/c1-16(2)9-4-10-17(3)14-7-6-13(18)11-12(14)5-8-15(16)17/h5,13-15,18H,4,6-11H2,1-3H3/t13-,14+,15-,17+/m0/s1. The number of hydrogen-bond donors (Lipinski definition) is 1. The number of fused-ring (bicyclic) bond motifs is 3. The molecule has 3 aliphatic rings. The zero-order valence-electron chi connectivity index (χ0n) is 12.2. The van der Waals surface area contributed by atoms with Gasteiger partial charge >= 0.3 is 0 Å². The van der Waals surface area contributed by atoms with Crippen molar-refractivity contribution < 1.29 is 5.11 Å². The monoisotopic (exact) mass is 248 g/mol. The van der Waals surface area contributed by atoms with Gasteiger partial charge in [-0.2, -0.15) is 0 Å². The van der Waals surface area contributed by atoms with Crippen LogP contribution in [0.15, 0.2) is 11.6 Å². The first kappa shape index (κ1) is 12.7. The fourth-order valence-corrected chi connectivity index (χ4v) is 5.48. The predicted molar refractivity (Wildman–Crippen MR) is 75.3 cm³/mol. The van der Waals surface area contributed by atoms with Crippen molar-refractivity contribution in [1.82, 2.24) is 0 Å². The van der Waals surface area contributed by atoms with Crippen molar-refractivity contribution in [1.29, 1.82) is 0 Å². The molecule has 0 unspecified atom stereocenters. The Morgan fingerprint density at radius 1 is 1.17 bits per heavy atom. The molecular formula is C17H28O. The molecule has 0 aromatic heterocycles. The van der Waals surface area contributed by atoms with Crippen molar-refractivity contribution >= 4 is 0 Å². The summed E-state index contributed by atoms with van der Waals surface area (Å²) in [5.74, 6) is 1.61. The molecule has 2 saturated carbocycles. The van der Waals surface area contributed by atoms with E-state index in [1.807, 2.05) is 0 Å². The van der Waals surface area contributed by atoms with Crippen LogP contribution >= 0.6 is 0 Å². The minimum Gasteiger partial charge on any atom is -0.393 e. The van der Waals surface area contributed by atoms with Crippen molar-refractivity contribution in [2.24, 2.45) is 22.7 Å². The highest BCUT2D eigenvalue weighted by molar-refractivity contribution is 5.22. The van der Waals surface area contributed by atoms with Crippen molar-refractivity contribution in [3.63, 3.8) is 0 Å². The summed E-state index contributed by atoms with van der Waals surface area (Å²) in [6.07, 6.45) is 11.1. The van der Waals surface area contributed by atoms with Gasteiger partial charge in [0, 0.05) is 0 Å². The summed E-state index contributed by atoms with van der Waals surface area (Å²) in [4.78, 5) is 0. The lowest BCUT2D eigenvalue weighted by Crippen LogP contribution is -2.50. The Hall–Kier alpha value is -0.300. The number of aliphatic hydroxyl groups is 1. The summed E-state index contributed by atoms with van der Waals surface area (Å²) >= 11 is 0. The Bertz CT molecular complexity index is 368. The Balaban J connectivity index is 1.95. The van der Waals surface area contributed by atoms with Crippen molar-refractivity contribution in [3.8, 4) is 0 Å². The molecule has 0 radical (unpaired) electrons. The molecular weight excluding hydrogens is 220 g/mol. The third kappa shape index (κ3) is 1.78. The lowest BCUT2D eigenvalue weighted by molar-refractivity contribution is -0.0513. The molecule has 0 saturated heterocycles. The van der Waals surface area contributed by atoms with Gasteiger partial charge in [0.05, 0.1) is 6.10 Å². The maximum atomic E-state index is 9.89. The molecule has 102 valence electrons. The van der Waals surface area contributed by atoms with Crippen LogP contribution in [0.3, 0.4) is 0 Å². The smallest absolute Gasteiger partial charge is 0.0577 e. The molecule has 0 amide bonds. The van der Waals surface area contributed by atoms with E-state index in [2.05, 4.69) is 26.8 Å². The molecule has 0 aromatic carbocycles. The summed E-state index contributed by atoms with van der Waals surface area (Å²) in [6.45, 7) is 7.51. The van der Waals surface area contributed by atoms with E-state index in [4.69, 9.17) is 0 Å². The molecule has 1 nitrogen and oxygen atoms in total. The lowest BCUT2D eigenvalue weighted by atomic mass is 9.47. The number of allylic oxidation sites excluding steroid dienone is 1. The van der Waals surface area contributed by atoms with E-state index in [0.29, 0.717) is 10.8 Å². The minimum atomic E-state index is -0.0655. The van der Waals surface area contributed by atoms with Crippen molar-refractivity contribution in [2.75, 3.05) is 0 Å². The summed E-state index contributed by atoms with van der Waals surface area (Å²) < 4.78 is 0. The molecule has 1 N–H and O–H groups in total. The van der Waals surface area contributed by atoms with Crippen LogP contribution in [0.5, 0.6) is 0 Å². The second kappa shape index (κ2) is 4.10. The fraction of sp³-hybridized carbons (Fsp3) is 0.882. The van der Waals surface area contributed by atoms with Crippen LogP contribution < -0.4 is 0 Å².